The van der Waals surface area contributed by atoms with Gasteiger partial charge in [0.25, 0.3) is 5.91 Å². The molecule has 1 aromatic carbocycles. The lowest BCUT2D eigenvalue weighted by molar-refractivity contribution is 0.102. The second-order valence-corrected chi connectivity index (χ2v) is 3.94. The van der Waals surface area contributed by atoms with Gasteiger partial charge in [-0.2, -0.15) is 0 Å². The van der Waals surface area contributed by atoms with Crippen LogP contribution >= 0.6 is 11.6 Å². The summed E-state index contributed by atoms with van der Waals surface area (Å²) in [5.41, 5.74) is 8.07. The lowest BCUT2D eigenvalue weighted by Gasteiger charge is -2.10. The monoisotopic (exact) mass is 250 g/mol. The van der Waals surface area contributed by atoms with E-state index in [-0.39, 0.29) is 16.7 Å². The molecule has 0 unspecified atom stereocenters. The predicted octanol–water partition coefficient (Wildman–Crippen LogP) is 3.08. The van der Waals surface area contributed by atoms with E-state index in [0.29, 0.717) is 11.4 Å². The molecule has 1 aromatic heterocycles. The first kappa shape index (κ1) is 11.5. The first-order chi connectivity index (χ1) is 8.09. The Morgan fingerprint density at radius 3 is 2.76 bits per heavy atom. The molecule has 1 heterocycles. The maximum absolute atomic E-state index is 11.9. The Labute approximate surface area is 103 Å². The van der Waals surface area contributed by atoms with Crippen molar-refractivity contribution >= 4 is 28.9 Å². The molecule has 2 rings (SSSR count). The summed E-state index contributed by atoms with van der Waals surface area (Å²) < 4.78 is 4.86. The molecule has 0 atom stereocenters. The highest BCUT2D eigenvalue weighted by Crippen LogP contribution is 2.24. The summed E-state index contributed by atoms with van der Waals surface area (Å²) >= 11 is 5.72. The highest BCUT2D eigenvalue weighted by atomic mass is 35.5. The smallest absolute Gasteiger partial charge is 0.260 e. The number of nitrogen functional groups attached to an aromatic ring is 1. The number of hydrogen-bond donors (Lipinski definition) is 2. The number of carbonyl (C=O) groups is 1. The summed E-state index contributed by atoms with van der Waals surface area (Å²) in [7, 11) is 0. The normalized spacial score (nSPS) is 10.2. The van der Waals surface area contributed by atoms with Crippen LogP contribution in [0.3, 0.4) is 0 Å². The number of benzene rings is 1. The summed E-state index contributed by atoms with van der Waals surface area (Å²) in [5.74, 6) is -0.343. The van der Waals surface area contributed by atoms with Crippen molar-refractivity contribution in [2.24, 2.45) is 0 Å². The minimum absolute atomic E-state index is 0.0645. The number of aryl methyl sites for hydroxylation is 1. The summed E-state index contributed by atoms with van der Waals surface area (Å²) in [6, 6.07) is 6.92. The maximum atomic E-state index is 11.9. The summed E-state index contributed by atoms with van der Waals surface area (Å²) in [6.07, 6.45) is 1.36. The second kappa shape index (κ2) is 4.51. The lowest BCUT2D eigenvalue weighted by Crippen LogP contribution is -2.13. The molecule has 0 saturated carbocycles. The molecule has 0 aliphatic heterocycles. The van der Waals surface area contributed by atoms with Crippen LogP contribution < -0.4 is 11.1 Å². The van der Waals surface area contributed by atoms with Gasteiger partial charge in [0, 0.05) is 0 Å². The van der Waals surface area contributed by atoms with Crippen molar-refractivity contribution in [1.29, 1.82) is 0 Å². The third-order valence-electron chi connectivity index (χ3n) is 2.41. The van der Waals surface area contributed by atoms with Gasteiger partial charge in [-0.1, -0.05) is 12.1 Å². The average Bonchev–Trinajstić information content (AvgIpc) is 2.70. The average molecular weight is 251 g/mol. The van der Waals surface area contributed by atoms with E-state index < -0.39 is 0 Å². The fraction of sp³-hybridized carbons (Fsp3) is 0.0833. The Morgan fingerprint density at radius 1 is 1.41 bits per heavy atom. The second-order valence-electron chi connectivity index (χ2n) is 3.60. The van der Waals surface area contributed by atoms with Crippen LogP contribution in [0.2, 0.25) is 5.22 Å². The summed E-state index contributed by atoms with van der Waals surface area (Å²) in [5, 5.41) is 2.78. The molecule has 3 N–H and O–H groups in total. The maximum Gasteiger partial charge on any atom is 0.260 e. The SMILES string of the molecule is Cc1cccc(N)c1NC(=O)c1ccoc1Cl. The molecule has 0 radical (unpaired) electrons. The van der Waals surface area contributed by atoms with E-state index in [1.165, 1.54) is 12.3 Å². The van der Waals surface area contributed by atoms with Crippen molar-refractivity contribution in [1.82, 2.24) is 0 Å². The van der Waals surface area contributed by atoms with Gasteiger partial charge in [-0.05, 0) is 36.2 Å². The molecule has 0 saturated heterocycles. The number of rotatable bonds is 2. The Kier molecular flexibility index (Phi) is 3.06. The molecule has 0 spiro atoms. The molecule has 88 valence electrons. The van der Waals surface area contributed by atoms with Gasteiger partial charge in [-0.15, -0.1) is 0 Å². The number of hydrogen-bond acceptors (Lipinski definition) is 3. The molecular weight excluding hydrogens is 240 g/mol. The van der Waals surface area contributed by atoms with Crippen LogP contribution in [0.5, 0.6) is 0 Å². The molecule has 0 aliphatic rings. The van der Waals surface area contributed by atoms with Crippen molar-refractivity contribution in [3.05, 3.63) is 46.9 Å². The van der Waals surface area contributed by atoms with Gasteiger partial charge < -0.3 is 15.5 Å². The first-order valence-electron chi connectivity index (χ1n) is 4.99. The minimum Gasteiger partial charge on any atom is -0.452 e. The molecule has 5 heteroatoms. The van der Waals surface area contributed by atoms with Crippen LogP contribution in [0.4, 0.5) is 11.4 Å². The summed E-state index contributed by atoms with van der Waals surface area (Å²) in [4.78, 5) is 11.9. The number of nitrogens with one attached hydrogen (secondary N) is 1. The Bertz CT molecular complexity index is 543. The van der Waals surface area contributed by atoms with Crippen LogP contribution in [0.15, 0.2) is 34.9 Å². The molecule has 17 heavy (non-hydrogen) atoms. The predicted molar refractivity (Wildman–Crippen MR) is 67.3 cm³/mol. The largest absolute Gasteiger partial charge is 0.452 e. The standard InChI is InChI=1S/C12H11ClN2O2/c1-7-3-2-4-9(14)10(7)15-12(16)8-5-6-17-11(8)13/h2-6H,14H2,1H3,(H,15,16). The van der Waals surface area contributed by atoms with Gasteiger partial charge in [-0.25, -0.2) is 0 Å². The fourth-order valence-corrected chi connectivity index (χ4v) is 1.70. The van der Waals surface area contributed by atoms with E-state index in [1.807, 2.05) is 19.1 Å². The molecule has 0 fully saturated rings. The van der Waals surface area contributed by atoms with Crippen molar-refractivity contribution in [2.45, 2.75) is 6.92 Å². The molecular formula is C12H11ClN2O2. The van der Waals surface area contributed by atoms with E-state index in [2.05, 4.69) is 5.32 Å². The third kappa shape index (κ3) is 2.26. The number of carbonyl (C=O) groups excluding carboxylic acids is 1. The number of nitrogens with two attached hydrogens (primary N) is 1. The van der Waals surface area contributed by atoms with E-state index in [9.17, 15) is 4.79 Å². The van der Waals surface area contributed by atoms with Crippen LogP contribution in [0, 0.1) is 6.92 Å². The molecule has 1 amide bonds. The zero-order valence-electron chi connectivity index (χ0n) is 9.16. The molecule has 4 nitrogen and oxygen atoms in total. The van der Waals surface area contributed by atoms with E-state index in [4.69, 9.17) is 21.8 Å². The number of anilines is 2. The van der Waals surface area contributed by atoms with Gasteiger partial charge in [0.1, 0.15) is 0 Å². The first-order valence-corrected chi connectivity index (χ1v) is 5.37. The quantitative estimate of drug-likeness (QED) is 0.805. The molecule has 0 bridgehead atoms. The Hall–Kier alpha value is -1.94. The fourth-order valence-electron chi connectivity index (χ4n) is 1.50. The van der Waals surface area contributed by atoms with Gasteiger partial charge in [0.05, 0.1) is 23.2 Å². The topological polar surface area (TPSA) is 68.3 Å². The zero-order valence-corrected chi connectivity index (χ0v) is 9.91. The number of para-hydroxylation sites is 1. The van der Waals surface area contributed by atoms with Crippen molar-refractivity contribution in [3.8, 4) is 0 Å². The lowest BCUT2D eigenvalue weighted by atomic mass is 10.1. The van der Waals surface area contributed by atoms with E-state index >= 15 is 0 Å². The van der Waals surface area contributed by atoms with E-state index in [0.717, 1.165) is 5.56 Å². The van der Waals surface area contributed by atoms with Crippen molar-refractivity contribution in [3.63, 3.8) is 0 Å². The number of amides is 1. The zero-order chi connectivity index (χ0) is 12.4. The highest BCUT2D eigenvalue weighted by Gasteiger charge is 2.14. The van der Waals surface area contributed by atoms with Crippen LogP contribution in [-0.2, 0) is 0 Å². The number of furan rings is 1. The van der Waals surface area contributed by atoms with Gasteiger partial charge >= 0.3 is 0 Å². The minimum atomic E-state index is -0.343. The van der Waals surface area contributed by atoms with Gasteiger partial charge in [-0.3, -0.25) is 4.79 Å². The third-order valence-corrected chi connectivity index (χ3v) is 2.70. The summed E-state index contributed by atoms with van der Waals surface area (Å²) in [6.45, 7) is 1.86. The number of halogens is 1. The van der Waals surface area contributed by atoms with Crippen molar-refractivity contribution < 1.29 is 9.21 Å². The van der Waals surface area contributed by atoms with Gasteiger partial charge in [0.15, 0.2) is 0 Å². The van der Waals surface area contributed by atoms with Gasteiger partial charge in [0.2, 0.25) is 5.22 Å². The van der Waals surface area contributed by atoms with Crippen LogP contribution in [-0.4, -0.2) is 5.91 Å². The van der Waals surface area contributed by atoms with Crippen molar-refractivity contribution in [2.75, 3.05) is 11.1 Å². The van der Waals surface area contributed by atoms with Crippen LogP contribution in [0.1, 0.15) is 15.9 Å². The highest BCUT2D eigenvalue weighted by molar-refractivity contribution is 6.32. The Morgan fingerprint density at radius 2 is 2.18 bits per heavy atom. The molecule has 0 aliphatic carbocycles. The molecule has 2 aromatic rings. The van der Waals surface area contributed by atoms with E-state index in [1.54, 1.807) is 6.07 Å². The van der Waals surface area contributed by atoms with Crippen LogP contribution in [0.25, 0.3) is 0 Å². The Balaban J connectivity index is 2.28.